The third-order valence-electron chi connectivity index (χ3n) is 5.26. The molecule has 1 aromatic heterocycles. The van der Waals surface area contributed by atoms with Gasteiger partial charge in [-0.2, -0.15) is 0 Å². The summed E-state index contributed by atoms with van der Waals surface area (Å²) in [5.74, 6) is 0.0604. The smallest absolute Gasteiger partial charge is 0.407 e. The molecule has 2 rings (SSSR count). The maximum Gasteiger partial charge on any atom is 0.416 e. The van der Waals surface area contributed by atoms with Crippen LogP contribution >= 0.6 is 11.6 Å². The number of nitro groups is 1. The lowest BCUT2D eigenvalue weighted by Gasteiger charge is -2.39. The predicted octanol–water partition coefficient (Wildman–Crippen LogP) is 6.48. The third kappa shape index (κ3) is 6.90. The minimum Gasteiger partial charge on any atom is -0.407 e. The molecule has 0 radical (unpaired) electrons. The number of hydrogen-bond acceptors (Lipinski definition) is 7. The summed E-state index contributed by atoms with van der Waals surface area (Å²) in [6.45, 7) is 14.0. The summed E-state index contributed by atoms with van der Waals surface area (Å²) in [6, 6.07) is 5.87. The van der Waals surface area contributed by atoms with Gasteiger partial charge in [0, 0.05) is 41.9 Å². The molecule has 1 unspecified atom stereocenters. The minimum absolute atomic E-state index is 0.0541. The Balaban J connectivity index is 2.42. The normalized spacial score (nSPS) is 12.1. The Morgan fingerprint density at radius 2 is 2.06 bits per heavy atom. The molecule has 0 aliphatic heterocycles. The number of halogens is 1. The van der Waals surface area contributed by atoms with Crippen molar-refractivity contribution < 1.29 is 14.5 Å². The topological polar surface area (TPSA) is 110 Å². The Morgan fingerprint density at radius 1 is 1.35 bits per heavy atom. The number of nitro benzene ring substituents is 1. The third-order valence-corrected chi connectivity index (χ3v) is 5.52. The zero-order chi connectivity index (χ0) is 25.5. The second-order valence-corrected chi connectivity index (χ2v) is 9.25. The SMILES string of the molecule is C=CCCCNc1cc([N+](=O)[O-])ccc1-c1cc(OC(=O)N(C(C)CC)C(C)(C)C)c(Cl)nn1. The van der Waals surface area contributed by atoms with Crippen molar-refractivity contribution in [2.75, 3.05) is 11.9 Å². The number of amides is 1. The van der Waals surface area contributed by atoms with Gasteiger partial charge in [0.15, 0.2) is 10.9 Å². The van der Waals surface area contributed by atoms with Gasteiger partial charge in [0.25, 0.3) is 5.69 Å². The van der Waals surface area contributed by atoms with Gasteiger partial charge in [-0.1, -0.05) is 24.6 Å². The molecule has 184 valence electrons. The summed E-state index contributed by atoms with van der Waals surface area (Å²) >= 11 is 6.20. The van der Waals surface area contributed by atoms with Crippen molar-refractivity contribution in [3.8, 4) is 17.0 Å². The first-order valence-corrected chi connectivity index (χ1v) is 11.5. The largest absolute Gasteiger partial charge is 0.416 e. The van der Waals surface area contributed by atoms with Crippen LogP contribution in [-0.2, 0) is 0 Å². The highest BCUT2D eigenvalue weighted by Gasteiger charge is 2.32. The zero-order valence-corrected chi connectivity index (χ0v) is 21.1. The van der Waals surface area contributed by atoms with Crippen LogP contribution in [0, 0.1) is 10.1 Å². The van der Waals surface area contributed by atoms with Crippen LogP contribution in [0.4, 0.5) is 16.2 Å². The van der Waals surface area contributed by atoms with E-state index >= 15 is 0 Å². The highest BCUT2D eigenvalue weighted by atomic mass is 35.5. The van der Waals surface area contributed by atoms with Crippen molar-refractivity contribution >= 4 is 29.1 Å². The van der Waals surface area contributed by atoms with Gasteiger partial charge in [-0.25, -0.2) is 4.79 Å². The van der Waals surface area contributed by atoms with E-state index in [9.17, 15) is 14.9 Å². The molecule has 0 bridgehead atoms. The molecule has 0 aliphatic carbocycles. The van der Waals surface area contributed by atoms with E-state index in [1.807, 2.05) is 40.7 Å². The standard InChI is InChI=1S/C24H32ClN5O4/c1-7-9-10-13-26-19-14-17(30(32)33)11-12-18(19)20-15-21(22(25)28-27-20)34-23(31)29(16(3)8-2)24(4,5)6/h7,11-12,14-16,26H,1,8-10,13H2,2-6H3. The number of carbonyl (C=O) groups excluding carboxylic acids is 1. The van der Waals surface area contributed by atoms with Gasteiger partial charge in [-0.3, -0.25) is 10.1 Å². The number of ether oxygens (including phenoxy) is 1. The van der Waals surface area contributed by atoms with Crippen LogP contribution in [0.25, 0.3) is 11.3 Å². The molecule has 0 saturated carbocycles. The minimum atomic E-state index is -0.547. The average molecular weight is 490 g/mol. The zero-order valence-electron chi connectivity index (χ0n) is 20.3. The van der Waals surface area contributed by atoms with E-state index in [0.717, 1.165) is 19.3 Å². The molecule has 9 nitrogen and oxygen atoms in total. The fourth-order valence-electron chi connectivity index (χ4n) is 3.49. The Morgan fingerprint density at radius 3 is 2.65 bits per heavy atom. The van der Waals surface area contributed by atoms with E-state index < -0.39 is 16.6 Å². The van der Waals surface area contributed by atoms with Gasteiger partial charge in [-0.15, -0.1) is 16.8 Å². The van der Waals surface area contributed by atoms with Crippen LogP contribution in [0.15, 0.2) is 36.9 Å². The summed E-state index contributed by atoms with van der Waals surface area (Å²) in [6.07, 6.45) is 3.62. The molecule has 0 aliphatic rings. The van der Waals surface area contributed by atoms with Crippen LogP contribution < -0.4 is 10.1 Å². The van der Waals surface area contributed by atoms with Gasteiger partial charge in [-0.05, 0) is 53.0 Å². The molecule has 2 aromatic rings. The number of nitrogens with zero attached hydrogens (tertiary/aromatic N) is 4. The van der Waals surface area contributed by atoms with Crippen LogP contribution in [0.5, 0.6) is 5.75 Å². The molecular formula is C24H32ClN5O4. The molecule has 10 heteroatoms. The van der Waals surface area contributed by atoms with Crippen LogP contribution in [-0.4, -0.2) is 44.2 Å². The number of allylic oxidation sites excluding steroid dienone is 1. The van der Waals surface area contributed by atoms with E-state index in [-0.39, 0.29) is 22.6 Å². The maximum atomic E-state index is 13.1. The molecular weight excluding hydrogens is 458 g/mol. The first-order chi connectivity index (χ1) is 16.0. The molecule has 1 N–H and O–H groups in total. The fraction of sp³-hybridized carbons (Fsp3) is 0.458. The van der Waals surface area contributed by atoms with E-state index in [1.54, 1.807) is 11.0 Å². The van der Waals surface area contributed by atoms with E-state index in [2.05, 4.69) is 22.1 Å². The van der Waals surface area contributed by atoms with E-state index in [4.69, 9.17) is 16.3 Å². The first kappa shape index (κ1) is 27.0. The van der Waals surface area contributed by atoms with E-state index in [0.29, 0.717) is 23.5 Å². The lowest BCUT2D eigenvalue weighted by atomic mass is 10.0. The molecule has 1 aromatic carbocycles. The first-order valence-electron chi connectivity index (χ1n) is 11.2. The summed E-state index contributed by atoms with van der Waals surface area (Å²) in [4.78, 5) is 25.5. The molecule has 1 heterocycles. The van der Waals surface area contributed by atoms with Crippen LogP contribution in [0.3, 0.4) is 0 Å². The number of hydrogen-bond donors (Lipinski definition) is 1. The van der Waals surface area contributed by atoms with Crippen molar-refractivity contribution in [3.05, 3.63) is 52.2 Å². The number of anilines is 1. The monoisotopic (exact) mass is 489 g/mol. The van der Waals surface area contributed by atoms with Crippen molar-refractivity contribution in [1.29, 1.82) is 0 Å². The summed E-state index contributed by atoms with van der Waals surface area (Å²) in [7, 11) is 0. The number of rotatable bonds is 10. The van der Waals surface area contributed by atoms with Crippen LogP contribution in [0.2, 0.25) is 5.15 Å². The molecule has 0 spiro atoms. The molecule has 0 saturated heterocycles. The lowest BCUT2D eigenvalue weighted by molar-refractivity contribution is -0.384. The number of carbonyl (C=O) groups is 1. The second kappa shape index (κ2) is 11.8. The van der Waals surface area contributed by atoms with Gasteiger partial charge in [0.2, 0.25) is 0 Å². The average Bonchev–Trinajstić information content (AvgIpc) is 2.77. The van der Waals surface area contributed by atoms with Crippen molar-refractivity contribution in [1.82, 2.24) is 15.1 Å². The molecule has 34 heavy (non-hydrogen) atoms. The highest BCUT2D eigenvalue weighted by Crippen LogP contribution is 2.34. The van der Waals surface area contributed by atoms with Gasteiger partial charge in [0.1, 0.15) is 0 Å². The Hall–Kier alpha value is -3.20. The number of benzene rings is 1. The predicted molar refractivity (Wildman–Crippen MR) is 134 cm³/mol. The summed E-state index contributed by atoms with van der Waals surface area (Å²) in [5.41, 5.74) is 0.920. The maximum absolute atomic E-state index is 13.1. The Bertz CT molecular complexity index is 1040. The summed E-state index contributed by atoms with van der Waals surface area (Å²) in [5, 5.41) is 22.5. The van der Waals surface area contributed by atoms with Crippen molar-refractivity contribution in [2.45, 2.75) is 65.5 Å². The quantitative estimate of drug-likeness (QED) is 0.176. The van der Waals surface area contributed by atoms with Gasteiger partial charge >= 0.3 is 6.09 Å². The lowest BCUT2D eigenvalue weighted by Crippen LogP contribution is -2.51. The highest BCUT2D eigenvalue weighted by molar-refractivity contribution is 6.30. The number of non-ortho nitro benzene ring substituents is 1. The number of aromatic nitrogens is 2. The second-order valence-electron chi connectivity index (χ2n) is 8.90. The molecule has 0 fully saturated rings. The fourth-order valence-corrected chi connectivity index (χ4v) is 3.62. The number of unbranched alkanes of at least 4 members (excludes halogenated alkanes) is 1. The molecule has 1 amide bonds. The van der Waals surface area contributed by atoms with Gasteiger partial charge in [0.05, 0.1) is 16.3 Å². The Labute approximate surface area is 205 Å². The van der Waals surface area contributed by atoms with Gasteiger partial charge < -0.3 is 15.0 Å². The van der Waals surface area contributed by atoms with Crippen molar-refractivity contribution in [2.24, 2.45) is 0 Å². The van der Waals surface area contributed by atoms with E-state index in [1.165, 1.54) is 18.2 Å². The Kier molecular flexibility index (Phi) is 9.37. The molecule has 1 atom stereocenters. The van der Waals surface area contributed by atoms with Crippen LogP contribution in [0.1, 0.15) is 53.9 Å². The summed E-state index contributed by atoms with van der Waals surface area (Å²) < 4.78 is 5.65. The number of nitrogens with one attached hydrogen (secondary N) is 1. The van der Waals surface area contributed by atoms with Crippen molar-refractivity contribution in [3.63, 3.8) is 0 Å².